The SMILES string of the molecule is O=C(NCc1ccccc1)c1ccccc1COC1CCCCO1. The Balaban J connectivity index is 1.59. The van der Waals surface area contributed by atoms with Gasteiger partial charge in [-0.2, -0.15) is 0 Å². The molecule has 0 radical (unpaired) electrons. The van der Waals surface area contributed by atoms with Crippen molar-refractivity contribution in [3.8, 4) is 0 Å². The summed E-state index contributed by atoms with van der Waals surface area (Å²) in [5.74, 6) is -0.0809. The van der Waals surface area contributed by atoms with E-state index in [1.165, 1.54) is 0 Å². The average molecular weight is 325 g/mol. The minimum Gasteiger partial charge on any atom is -0.353 e. The Morgan fingerprint density at radius 3 is 2.67 bits per heavy atom. The number of hydrogen-bond donors (Lipinski definition) is 1. The van der Waals surface area contributed by atoms with Gasteiger partial charge in [0.05, 0.1) is 6.61 Å². The van der Waals surface area contributed by atoms with Crippen molar-refractivity contribution in [1.29, 1.82) is 0 Å². The molecule has 1 saturated heterocycles. The summed E-state index contributed by atoms with van der Waals surface area (Å²) >= 11 is 0. The van der Waals surface area contributed by atoms with Crippen LogP contribution in [0.3, 0.4) is 0 Å². The molecule has 1 unspecified atom stereocenters. The van der Waals surface area contributed by atoms with Crippen LogP contribution in [0, 0.1) is 0 Å². The number of hydrogen-bond acceptors (Lipinski definition) is 3. The lowest BCUT2D eigenvalue weighted by Gasteiger charge is -2.23. The van der Waals surface area contributed by atoms with Crippen molar-refractivity contribution >= 4 is 5.91 Å². The van der Waals surface area contributed by atoms with Crippen LogP contribution < -0.4 is 5.32 Å². The highest BCUT2D eigenvalue weighted by molar-refractivity contribution is 5.95. The van der Waals surface area contributed by atoms with E-state index in [1.807, 2.05) is 54.6 Å². The summed E-state index contributed by atoms with van der Waals surface area (Å²) in [6.07, 6.45) is 2.99. The highest BCUT2D eigenvalue weighted by Crippen LogP contribution is 2.17. The third kappa shape index (κ3) is 4.66. The van der Waals surface area contributed by atoms with Crippen LogP contribution in [0.25, 0.3) is 0 Å². The van der Waals surface area contributed by atoms with Crippen molar-refractivity contribution < 1.29 is 14.3 Å². The summed E-state index contributed by atoms with van der Waals surface area (Å²) in [5.41, 5.74) is 2.62. The van der Waals surface area contributed by atoms with E-state index in [0.717, 1.165) is 37.0 Å². The molecule has 0 aromatic heterocycles. The van der Waals surface area contributed by atoms with Crippen LogP contribution in [0.4, 0.5) is 0 Å². The van der Waals surface area contributed by atoms with Gasteiger partial charge in [0, 0.05) is 18.7 Å². The fraction of sp³-hybridized carbons (Fsp3) is 0.350. The van der Waals surface area contributed by atoms with Crippen molar-refractivity contribution in [3.05, 3.63) is 71.3 Å². The van der Waals surface area contributed by atoms with E-state index in [9.17, 15) is 4.79 Å². The first-order valence-corrected chi connectivity index (χ1v) is 8.46. The van der Waals surface area contributed by atoms with E-state index >= 15 is 0 Å². The average Bonchev–Trinajstić information content (AvgIpc) is 2.66. The number of rotatable bonds is 6. The Morgan fingerprint density at radius 2 is 1.88 bits per heavy atom. The Hall–Kier alpha value is -2.17. The molecule has 1 fully saturated rings. The quantitative estimate of drug-likeness (QED) is 0.882. The molecule has 1 aliphatic heterocycles. The maximum Gasteiger partial charge on any atom is 0.251 e. The monoisotopic (exact) mass is 325 g/mol. The van der Waals surface area contributed by atoms with E-state index in [2.05, 4.69) is 5.32 Å². The van der Waals surface area contributed by atoms with Crippen LogP contribution in [-0.2, 0) is 22.6 Å². The third-order valence-corrected chi connectivity index (χ3v) is 4.12. The summed E-state index contributed by atoms with van der Waals surface area (Å²) in [6, 6.07) is 17.4. The lowest BCUT2D eigenvalue weighted by Crippen LogP contribution is -2.25. The Kier molecular flexibility index (Phi) is 5.99. The molecule has 0 spiro atoms. The van der Waals surface area contributed by atoms with Gasteiger partial charge in [0.2, 0.25) is 0 Å². The molecule has 4 nitrogen and oxygen atoms in total. The third-order valence-electron chi connectivity index (χ3n) is 4.12. The predicted octanol–water partition coefficient (Wildman–Crippen LogP) is 3.66. The number of nitrogens with one attached hydrogen (secondary N) is 1. The zero-order valence-electron chi connectivity index (χ0n) is 13.7. The van der Waals surface area contributed by atoms with Gasteiger partial charge in [0.1, 0.15) is 0 Å². The van der Waals surface area contributed by atoms with Gasteiger partial charge in [-0.3, -0.25) is 4.79 Å². The molecule has 4 heteroatoms. The van der Waals surface area contributed by atoms with Crippen molar-refractivity contribution in [2.24, 2.45) is 0 Å². The first-order valence-electron chi connectivity index (χ1n) is 8.46. The van der Waals surface area contributed by atoms with Crippen LogP contribution >= 0.6 is 0 Å². The van der Waals surface area contributed by atoms with Crippen molar-refractivity contribution in [3.63, 3.8) is 0 Å². The zero-order chi connectivity index (χ0) is 16.6. The van der Waals surface area contributed by atoms with E-state index in [4.69, 9.17) is 9.47 Å². The van der Waals surface area contributed by atoms with E-state index in [0.29, 0.717) is 18.7 Å². The number of ether oxygens (including phenoxy) is 2. The second kappa shape index (κ2) is 8.62. The van der Waals surface area contributed by atoms with E-state index in [1.54, 1.807) is 0 Å². The predicted molar refractivity (Wildman–Crippen MR) is 92.4 cm³/mol. The molecule has 0 aliphatic carbocycles. The molecule has 1 aliphatic rings. The van der Waals surface area contributed by atoms with Crippen LogP contribution in [0.1, 0.15) is 40.7 Å². The molecule has 0 saturated carbocycles. The van der Waals surface area contributed by atoms with Gasteiger partial charge in [-0.15, -0.1) is 0 Å². The van der Waals surface area contributed by atoms with Crippen LogP contribution in [-0.4, -0.2) is 18.8 Å². The lowest BCUT2D eigenvalue weighted by molar-refractivity contribution is -0.168. The summed E-state index contributed by atoms with van der Waals surface area (Å²) in [4.78, 5) is 12.5. The Bertz CT molecular complexity index is 651. The van der Waals surface area contributed by atoms with Crippen LogP contribution in [0.2, 0.25) is 0 Å². The maximum atomic E-state index is 12.5. The minimum absolute atomic E-state index is 0.0809. The van der Waals surface area contributed by atoms with E-state index < -0.39 is 0 Å². The van der Waals surface area contributed by atoms with Gasteiger partial charge >= 0.3 is 0 Å². The Labute approximate surface area is 142 Å². The highest BCUT2D eigenvalue weighted by atomic mass is 16.7. The normalized spacial score (nSPS) is 17.4. The maximum absolute atomic E-state index is 12.5. The standard InChI is InChI=1S/C20H23NO3/c22-20(21-14-16-8-2-1-3-9-16)18-11-5-4-10-17(18)15-24-19-12-6-7-13-23-19/h1-5,8-11,19H,6-7,12-15H2,(H,21,22). The molecule has 0 bridgehead atoms. The minimum atomic E-state index is -0.154. The molecule has 126 valence electrons. The molecular weight excluding hydrogens is 302 g/mol. The van der Waals surface area contributed by atoms with Gasteiger partial charge in [0.15, 0.2) is 6.29 Å². The van der Waals surface area contributed by atoms with Crippen molar-refractivity contribution in [2.45, 2.75) is 38.7 Å². The van der Waals surface area contributed by atoms with Gasteiger partial charge in [-0.1, -0.05) is 48.5 Å². The zero-order valence-corrected chi connectivity index (χ0v) is 13.7. The highest BCUT2D eigenvalue weighted by Gasteiger charge is 2.16. The molecular formula is C20H23NO3. The molecule has 24 heavy (non-hydrogen) atoms. The molecule has 1 atom stereocenters. The Morgan fingerprint density at radius 1 is 1.08 bits per heavy atom. The lowest BCUT2D eigenvalue weighted by atomic mass is 10.1. The van der Waals surface area contributed by atoms with Gasteiger partial charge in [-0.25, -0.2) is 0 Å². The second-order valence-corrected chi connectivity index (χ2v) is 5.93. The summed E-state index contributed by atoms with van der Waals surface area (Å²) in [7, 11) is 0. The number of carbonyl (C=O) groups is 1. The summed E-state index contributed by atoms with van der Waals surface area (Å²) in [6.45, 7) is 1.66. The summed E-state index contributed by atoms with van der Waals surface area (Å²) in [5, 5.41) is 2.97. The topological polar surface area (TPSA) is 47.6 Å². The molecule has 2 aromatic carbocycles. The first kappa shape index (κ1) is 16.7. The molecule has 1 N–H and O–H groups in total. The van der Waals surface area contributed by atoms with Crippen molar-refractivity contribution in [2.75, 3.05) is 6.61 Å². The van der Waals surface area contributed by atoms with Gasteiger partial charge in [0.25, 0.3) is 5.91 Å². The fourth-order valence-electron chi connectivity index (χ4n) is 2.77. The molecule has 3 rings (SSSR count). The first-order chi connectivity index (χ1) is 11.8. The van der Waals surface area contributed by atoms with E-state index in [-0.39, 0.29) is 12.2 Å². The molecule has 1 amide bonds. The largest absolute Gasteiger partial charge is 0.353 e. The second-order valence-electron chi connectivity index (χ2n) is 5.93. The number of amides is 1. The van der Waals surface area contributed by atoms with Crippen molar-refractivity contribution in [1.82, 2.24) is 5.32 Å². The fourth-order valence-corrected chi connectivity index (χ4v) is 2.77. The van der Waals surface area contributed by atoms with Crippen LogP contribution in [0.15, 0.2) is 54.6 Å². The van der Waals surface area contributed by atoms with Gasteiger partial charge in [-0.05, 0) is 36.5 Å². The number of carbonyl (C=O) groups excluding carboxylic acids is 1. The smallest absolute Gasteiger partial charge is 0.251 e. The number of benzene rings is 2. The summed E-state index contributed by atoms with van der Waals surface area (Å²) < 4.78 is 11.4. The van der Waals surface area contributed by atoms with Gasteiger partial charge < -0.3 is 14.8 Å². The van der Waals surface area contributed by atoms with Crippen LogP contribution in [0.5, 0.6) is 0 Å². The molecule has 2 aromatic rings. The molecule has 1 heterocycles.